The Balaban J connectivity index is 2.48. The minimum absolute atomic E-state index is 0.00608. The molecule has 0 spiro atoms. The zero-order valence-electron chi connectivity index (χ0n) is 17.2. The molecule has 7 heteroatoms. The molecule has 0 aliphatic rings. The molecule has 0 saturated heterocycles. The van der Waals surface area contributed by atoms with Gasteiger partial charge in [0.15, 0.2) is 0 Å². The molecule has 0 bridgehead atoms. The van der Waals surface area contributed by atoms with Gasteiger partial charge in [-0.3, -0.25) is 4.79 Å². The van der Waals surface area contributed by atoms with Crippen LogP contribution in [0.5, 0.6) is 5.75 Å². The number of aryl methyl sites for hydroxylation is 1. The highest BCUT2D eigenvalue weighted by Crippen LogP contribution is 2.23. The molecule has 2 rings (SSSR count). The first-order valence-corrected chi connectivity index (χ1v) is 10.6. The van der Waals surface area contributed by atoms with Gasteiger partial charge in [0.25, 0.3) is 0 Å². The minimum Gasteiger partial charge on any atom is -0.497 e. The van der Waals surface area contributed by atoms with Crippen molar-refractivity contribution in [2.45, 2.75) is 31.2 Å². The van der Waals surface area contributed by atoms with E-state index in [1.807, 2.05) is 6.92 Å². The summed E-state index contributed by atoms with van der Waals surface area (Å²) in [6.45, 7) is 7.44. The molecular formula is C22H27NO5S. The van der Waals surface area contributed by atoms with E-state index in [0.717, 1.165) is 15.4 Å². The number of esters is 1. The summed E-state index contributed by atoms with van der Waals surface area (Å²) < 4.78 is 38.0. The molecule has 2 aromatic carbocycles. The number of benzene rings is 2. The second-order valence-corrected chi connectivity index (χ2v) is 8.80. The zero-order chi connectivity index (χ0) is 21.6. The lowest BCUT2D eigenvalue weighted by Gasteiger charge is -2.29. The molecule has 1 atom stereocenters. The van der Waals surface area contributed by atoms with Crippen molar-refractivity contribution in [3.63, 3.8) is 0 Å². The lowest BCUT2D eigenvalue weighted by molar-refractivity contribution is -0.145. The maximum Gasteiger partial charge on any atom is 0.324 e. The van der Waals surface area contributed by atoms with Gasteiger partial charge in [0.1, 0.15) is 11.8 Å². The van der Waals surface area contributed by atoms with Gasteiger partial charge in [-0.15, -0.1) is 0 Å². The number of sulfonamides is 1. The van der Waals surface area contributed by atoms with Crippen LogP contribution in [0.15, 0.2) is 65.6 Å². The van der Waals surface area contributed by atoms with E-state index < -0.39 is 22.0 Å². The topological polar surface area (TPSA) is 72.9 Å². The van der Waals surface area contributed by atoms with Crippen LogP contribution in [0, 0.1) is 6.92 Å². The number of carbonyl (C=O) groups excluding carboxylic acids is 1. The van der Waals surface area contributed by atoms with Crippen LogP contribution < -0.4 is 4.74 Å². The molecule has 0 radical (unpaired) electrons. The van der Waals surface area contributed by atoms with Crippen molar-refractivity contribution in [1.29, 1.82) is 0 Å². The van der Waals surface area contributed by atoms with Crippen LogP contribution in [0.4, 0.5) is 0 Å². The van der Waals surface area contributed by atoms with E-state index in [-0.39, 0.29) is 17.9 Å². The standard InChI is InChI=1S/C22H27NO5S/c1-16(2)15-23(29(25,26)20-12-6-17(3)7-13-20)21(22(24)28-5)14-18-8-10-19(27-4)11-9-18/h6-13,21H,1,14-15H2,2-5H3/t21-/m1/s1. The van der Waals surface area contributed by atoms with Gasteiger partial charge in [0.2, 0.25) is 10.0 Å². The monoisotopic (exact) mass is 417 g/mol. The van der Waals surface area contributed by atoms with Crippen LogP contribution in [0.3, 0.4) is 0 Å². The molecule has 156 valence electrons. The third kappa shape index (κ3) is 5.68. The van der Waals surface area contributed by atoms with Crippen LogP contribution in [0.2, 0.25) is 0 Å². The van der Waals surface area contributed by atoms with Crippen molar-refractivity contribution in [3.05, 3.63) is 71.8 Å². The summed E-state index contributed by atoms with van der Waals surface area (Å²) in [5, 5.41) is 0. The SMILES string of the molecule is C=C(C)CN([C@H](Cc1ccc(OC)cc1)C(=O)OC)S(=O)(=O)c1ccc(C)cc1. The molecule has 0 amide bonds. The summed E-state index contributed by atoms with van der Waals surface area (Å²) in [6, 6.07) is 12.6. The highest BCUT2D eigenvalue weighted by molar-refractivity contribution is 7.89. The van der Waals surface area contributed by atoms with Gasteiger partial charge in [-0.05, 0) is 50.1 Å². The minimum atomic E-state index is -3.95. The highest BCUT2D eigenvalue weighted by atomic mass is 32.2. The van der Waals surface area contributed by atoms with Gasteiger partial charge >= 0.3 is 5.97 Å². The molecule has 0 aliphatic carbocycles. The Morgan fingerprint density at radius 1 is 1.07 bits per heavy atom. The van der Waals surface area contributed by atoms with Crippen LogP contribution >= 0.6 is 0 Å². The molecule has 0 heterocycles. The average molecular weight is 418 g/mol. The van der Waals surface area contributed by atoms with E-state index in [2.05, 4.69) is 6.58 Å². The number of methoxy groups -OCH3 is 2. The van der Waals surface area contributed by atoms with Gasteiger partial charge in [-0.25, -0.2) is 8.42 Å². The van der Waals surface area contributed by atoms with Gasteiger partial charge in [0.05, 0.1) is 19.1 Å². The second kappa shape index (κ2) is 9.71. The summed E-state index contributed by atoms with van der Waals surface area (Å²) in [6.07, 6.45) is 0.162. The smallest absolute Gasteiger partial charge is 0.324 e. The lowest BCUT2D eigenvalue weighted by Crippen LogP contribution is -2.47. The van der Waals surface area contributed by atoms with Gasteiger partial charge < -0.3 is 9.47 Å². The molecule has 0 N–H and O–H groups in total. The van der Waals surface area contributed by atoms with Gasteiger partial charge in [-0.2, -0.15) is 4.31 Å². The Hall–Kier alpha value is -2.64. The third-order valence-corrected chi connectivity index (χ3v) is 6.33. The number of hydrogen-bond acceptors (Lipinski definition) is 5. The van der Waals surface area contributed by atoms with Gasteiger partial charge in [0, 0.05) is 6.54 Å². The van der Waals surface area contributed by atoms with E-state index in [9.17, 15) is 13.2 Å². The summed E-state index contributed by atoms with van der Waals surface area (Å²) in [5.74, 6) is 0.0483. The fourth-order valence-corrected chi connectivity index (χ4v) is 4.53. The molecule has 6 nitrogen and oxygen atoms in total. The number of nitrogens with zero attached hydrogens (tertiary/aromatic N) is 1. The molecule has 0 fully saturated rings. The largest absolute Gasteiger partial charge is 0.497 e. The predicted molar refractivity (Wildman–Crippen MR) is 112 cm³/mol. The van der Waals surface area contributed by atoms with Crippen LogP contribution in [-0.2, 0) is 26.0 Å². The summed E-state index contributed by atoms with van der Waals surface area (Å²) in [4.78, 5) is 12.7. The first-order valence-electron chi connectivity index (χ1n) is 9.12. The maximum absolute atomic E-state index is 13.4. The van der Waals surface area contributed by atoms with E-state index in [1.165, 1.54) is 19.2 Å². The molecule has 0 aliphatic heterocycles. The molecule has 29 heavy (non-hydrogen) atoms. The zero-order valence-corrected chi connectivity index (χ0v) is 18.0. The van der Waals surface area contributed by atoms with Crippen molar-refractivity contribution in [2.24, 2.45) is 0 Å². The number of carbonyl (C=O) groups is 1. The molecular weight excluding hydrogens is 390 g/mol. The lowest BCUT2D eigenvalue weighted by atomic mass is 10.1. The summed E-state index contributed by atoms with van der Waals surface area (Å²) in [5.41, 5.74) is 2.34. The van der Waals surface area contributed by atoms with Crippen LogP contribution in [0.25, 0.3) is 0 Å². The summed E-state index contributed by atoms with van der Waals surface area (Å²) in [7, 11) is -1.14. The average Bonchev–Trinajstić information content (AvgIpc) is 2.70. The van der Waals surface area contributed by atoms with E-state index in [0.29, 0.717) is 11.3 Å². The van der Waals surface area contributed by atoms with Crippen molar-refractivity contribution in [1.82, 2.24) is 4.31 Å². The van der Waals surface area contributed by atoms with E-state index >= 15 is 0 Å². The fraction of sp³-hybridized carbons (Fsp3) is 0.318. The number of hydrogen-bond donors (Lipinski definition) is 0. The van der Waals surface area contributed by atoms with Gasteiger partial charge in [-0.1, -0.05) is 42.0 Å². The van der Waals surface area contributed by atoms with E-state index in [4.69, 9.17) is 9.47 Å². The predicted octanol–water partition coefficient (Wildman–Crippen LogP) is 3.35. The quantitative estimate of drug-likeness (QED) is 0.462. The Morgan fingerprint density at radius 3 is 2.14 bits per heavy atom. The third-order valence-electron chi connectivity index (χ3n) is 4.46. The Labute approximate surface area is 172 Å². The fourth-order valence-electron chi connectivity index (χ4n) is 2.90. The van der Waals surface area contributed by atoms with E-state index in [1.54, 1.807) is 50.4 Å². The Kier molecular flexibility index (Phi) is 7.59. The normalized spacial score (nSPS) is 12.4. The van der Waals surface area contributed by atoms with Crippen molar-refractivity contribution >= 4 is 16.0 Å². The Bertz CT molecular complexity index is 950. The van der Waals surface area contributed by atoms with Crippen molar-refractivity contribution in [3.8, 4) is 5.75 Å². The summed E-state index contributed by atoms with van der Waals surface area (Å²) >= 11 is 0. The Morgan fingerprint density at radius 2 is 1.66 bits per heavy atom. The van der Waals surface area contributed by atoms with Crippen LogP contribution in [-0.4, -0.2) is 45.5 Å². The maximum atomic E-state index is 13.4. The van der Waals surface area contributed by atoms with Crippen LogP contribution in [0.1, 0.15) is 18.1 Å². The number of ether oxygens (including phenoxy) is 2. The van der Waals surface area contributed by atoms with Crippen molar-refractivity contribution in [2.75, 3.05) is 20.8 Å². The first-order chi connectivity index (χ1) is 13.7. The second-order valence-electron chi connectivity index (χ2n) is 6.91. The molecule has 0 aromatic heterocycles. The number of rotatable bonds is 9. The highest BCUT2D eigenvalue weighted by Gasteiger charge is 2.36. The van der Waals surface area contributed by atoms with Crippen molar-refractivity contribution < 1.29 is 22.7 Å². The molecule has 2 aromatic rings. The molecule has 0 saturated carbocycles. The first kappa shape index (κ1) is 22.6. The molecule has 0 unspecified atom stereocenters.